The van der Waals surface area contributed by atoms with Gasteiger partial charge in [-0.05, 0) is 17.7 Å². The summed E-state index contributed by atoms with van der Waals surface area (Å²) in [5, 5.41) is 13.5. The molecule has 22 heavy (non-hydrogen) atoms. The Morgan fingerprint density at radius 2 is 1.55 bits per heavy atom. The number of aliphatic hydroxyl groups is 1. The van der Waals surface area contributed by atoms with Gasteiger partial charge in [0.2, 0.25) is 0 Å². The molecule has 0 heterocycles. The van der Waals surface area contributed by atoms with Crippen LogP contribution >= 0.6 is 0 Å². The van der Waals surface area contributed by atoms with Gasteiger partial charge in [0, 0.05) is 23.5 Å². The number of nitrogens with one attached hydrogen (secondary N) is 1. The minimum Gasteiger partial charge on any atom is -0.511 e. The zero-order chi connectivity index (χ0) is 15.4. The normalized spacial score (nSPS) is 17.3. The molecule has 1 aliphatic rings. The van der Waals surface area contributed by atoms with Crippen LogP contribution in [0.25, 0.3) is 5.53 Å². The lowest BCUT2D eigenvalue weighted by Gasteiger charge is -2.17. The van der Waals surface area contributed by atoms with Crippen LogP contribution in [0.15, 0.2) is 84.3 Å². The Morgan fingerprint density at radius 3 is 2.18 bits per heavy atom. The highest BCUT2D eigenvalue weighted by molar-refractivity contribution is 6.00. The standard InChI is InChI=1S/C18H15N3O/c19-21-16-11-15(20-14-9-5-2-6-10-14)12-17(22)18(16)13-7-3-1-4-8-13/h1-12,18,20,22H. The average molecular weight is 289 g/mol. The number of anilines is 1. The van der Waals surface area contributed by atoms with Crippen LogP contribution in [0.2, 0.25) is 0 Å². The third kappa shape index (κ3) is 2.82. The molecule has 0 fully saturated rings. The number of rotatable bonds is 3. The smallest absolute Gasteiger partial charge is 0.309 e. The number of hydrogen-bond acceptors (Lipinski definition) is 2. The van der Waals surface area contributed by atoms with Crippen LogP contribution in [0.1, 0.15) is 11.5 Å². The summed E-state index contributed by atoms with van der Waals surface area (Å²) in [6.07, 6.45) is 3.38. The first-order chi connectivity index (χ1) is 10.8. The molecule has 0 radical (unpaired) electrons. The first-order valence-electron chi connectivity index (χ1n) is 6.99. The molecular weight excluding hydrogens is 274 g/mol. The number of allylic oxidation sites excluding steroid dienone is 3. The highest BCUT2D eigenvalue weighted by atomic mass is 16.3. The molecule has 1 aliphatic carbocycles. The van der Waals surface area contributed by atoms with Crippen LogP contribution < -0.4 is 5.32 Å². The number of hydrogen-bond donors (Lipinski definition) is 2. The Hall–Kier alpha value is -3.10. The Morgan fingerprint density at radius 1 is 0.909 bits per heavy atom. The van der Waals surface area contributed by atoms with Crippen LogP contribution in [0.5, 0.6) is 0 Å². The van der Waals surface area contributed by atoms with Crippen molar-refractivity contribution in [3.05, 3.63) is 95.4 Å². The molecule has 1 atom stereocenters. The van der Waals surface area contributed by atoms with Crippen molar-refractivity contribution in [2.45, 2.75) is 5.92 Å². The predicted molar refractivity (Wildman–Crippen MR) is 86.7 cm³/mol. The zero-order valence-electron chi connectivity index (χ0n) is 11.8. The van der Waals surface area contributed by atoms with Crippen LogP contribution in [-0.4, -0.2) is 15.6 Å². The lowest BCUT2D eigenvalue weighted by atomic mass is 9.88. The van der Waals surface area contributed by atoms with Gasteiger partial charge in [-0.1, -0.05) is 48.5 Å². The Bertz CT molecular complexity index is 772. The van der Waals surface area contributed by atoms with Crippen molar-refractivity contribution < 1.29 is 9.90 Å². The van der Waals surface area contributed by atoms with Gasteiger partial charge in [0.25, 0.3) is 0 Å². The van der Waals surface area contributed by atoms with E-state index in [2.05, 4.69) is 10.1 Å². The quantitative estimate of drug-likeness (QED) is 0.664. The maximum Gasteiger partial charge on any atom is 0.309 e. The molecule has 3 rings (SSSR count). The van der Waals surface area contributed by atoms with Gasteiger partial charge < -0.3 is 16.0 Å². The zero-order valence-corrected chi connectivity index (χ0v) is 11.8. The van der Waals surface area contributed by atoms with Gasteiger partial charge in [-0.3, -0.25) is 0 Å². The summed E-state index contributed by atoms with van der Waals surface area (Å²) in [6.45, 7) is 0. The van der Waals surface area contributed by atoms with Crippen molar-refractivity contribution in [3.63, 3.8) is 0 Å². The fraction of sp³-hybridized carbons (Fsp3) is 0.0556. The fourth-order valence-corrected chi connectivity index (χ4v) is 2.51. The number of aliphatic hydroxyl groups excluding tert-OH is 1. The molecule has 1 unspecified atom stereocenters. The van der Waals surface area contributed by atoms with E-state index in [0.717, 1.165) is 11.3 Å². The highest BCUT2D eigenvalue weighted by Crippen LogP contribution is 2.29. The third-order valence-electron chi connectivity index (χ3n) is 3.51. The second-order valence-corrected chi connectivity index (χ2v) is 5.03. The van der Waals surface area contributed by atoms with Crippen LogP contribution in [0.4, 0.5) is 5.69 Å². The summed E-state index contributed by atoms with van der Waals surface area (Å²) < 4.78 is 0. The van der Waals surface area contributed by atoms with Gasteiger partial charge in [-0.15, -0.1) is 0 Å². The highest BCUT2D eigenvalue weighted by Gasteiger charge is 2.31. The van der Waals surface area contributed by atoms with Crippen LogP contribution in [0.3, 0.4) is 0 Å². The molecule has 4 nitrogen and oxygen atoms in total. The molecule has 4 heteroatoms. The summed E-state index contributed by atoms with van der Waals surface area (Å²) in [5.74, 6) is -0.313. The van der Waals surface area contributed by atoms with Gasteiger partial charge in [-0.25, -0.2) is 0 Å². The van der Waals surface area contributed by atoms with E-state index in [1.54, 1.807) is 12.2 Å². The summed E-state index contributed by atoms with van der Waals surface area (Å²) in [4.78, 5) is 3.35. The third-order valence-corrected chi connectivity index (χ3v) is 3.51. The van der Waals surface area contributed by atoms with E-state index in [1.807, 2.05) is 60.7 Å². The van der Waals surface area contributed by atoms with Crippen molar-refractivity contribution in [2.24, 2.45) is 0 Å². The second-order valence-electron chi connectivity index (χ2n) is 5.03. The van der Waals surface area contributed by atoms with Crippen molar-refractivity contribution in [2.75, 3.05) is 5.32 Å². The molecule has 0 bridgehead atoms. The number of benzene rings is 2. The molecule has 108 valence electrons. The van der Waals surface area contributed by atoms with E-state index in [1.165, 1.54) is 0 Å². The molecule has 2 aromatic rings. The first kappa shape index (κ1) is 13.9. The monoisotopic (exact) mass is 289 g/mol. The van der Waals surface area contributed by atoms with E-state index in [9.17, 15) is 10.6 Å². The van der Waals surface area contributed by atoms with Crippen LogP contribution in [0, 0.1) is 0 Å². The van der Waals surface area contributed by atoms with Gasteiger partial charge in [0.1, 0.15) is 11.7 Å². The van der Waals surface area contributed by atoms with Gasteiger partial charge in [-0.2, -0.15) is 4.79 Å². The van der Waals surface area contributed by atoms with E-state index < -0.39 is 5.92 Å². The Balaban J connectivity index is 1.92. The van der Waals surface area contributed by atoms with Crippen molar-refractivity contribution in [1.29, 1.82) is 0 Å². The summed E-state index contributed by atoms with van der Waals surface area (Å²) in [5.41, 5.74) is 12.1. The predicted octanol–water partition coefficient (Wildman–Crippen LogP) is 3.89. The fourth-order valence-electron chi connectivity index (χ4n) is 2.51. The number of para-hydroxylation sites is 1. The minimum absolute atomic E-state index is 0.139. The summed E-state index contributed by atoms with van der Waals surface area (Å²) in [6, 6.07) is 19.1. The average Bonchev–Trinajstić information content (AvgIpc) is 2.56. The van der Waals surface area contributed by atoms with Crippen molar-refractivity contribution >= 4 is 11.4 Å². The molecule has 2 aromatic carbocycles. The van der Waals surface area contributed by atoms with E-state index in [0.29, 0.717) is 11.4 Å². The van der Waals surface area contributed by atoms with Gasteiger partial charge in [0.15, 0.2) is 0 Å². The molecular formula is C18H15N3O. The summed E-state index contributed by atoms with van der Waals surface area (Å²) >= 11 is 0. The largest absolute Gasteiger partial charge is 0.511 e. The Kier molecular flexibility index (Phi) is 3.86. The maximum absolute atomic E-state index is 10.4. The van der Waals surface area contributed by atoms with E-state index >= 15 is 0 Å². The van der Waals surface area contributed by atoms with Crippen LogP contribution in [-0.2, 0) is 0 Å². The second kappa shape index (κ2) is 6.12. The SMILES string of the molecule is [N-]=[N+]=C1C=C(Nc2ccccc2)C=C(O)C1c1ccccc1. The first-order valence-corrected chi connectivity index (χ1v) is 6.99. The molecule has 0 aromatic heterocycles. The molecule has 2 N–H and O–H groups in total. The molecule has 0 amide bonds. The topological polar surface area (TPSA) is 68.7 Å². The molecule has 0 saturated carbocycles. The molecule has 0 aliphatic heterocycles. The maximum atomic E-state index is 10.4. The van der Waals surface area contributed by atoms with Gasteiger partial charge in [0.05, 0.1) is 0 Å². The van der Waals surface area contributed by atoms with Crippen molar-refractivity contribution in [1.82, 2.24) is 0 Å². The van der Waals surface area contributed by atoms with Gasteiger partial charge >= 0.3 is 5.71 Å². The molecule has 0 spiro atoms. The Labute approximate surface area is 128 Å². The summed E-state index contributed by atoms with van der Waals surface area (Å²) in [7, 11) is 0. The van der Waals surface area contributed by atoms with E-state index in [4.69, 9.17) is 0 Å². The molecule has 0 saturated heterocycles. The lowest BCUT2D eigenvalue weighted by Crippen LogP contribution is -2.20. The van der Waals surface area contributed by atoms with E-state index in [-0.39, 0.29) is 5.76 Å². The number of nitrogens with zero attached hydrogens (tertiary/aromatic N) is 2. The lowest BCUT2D eigenvalue weighted by molar-refractivity contribution is -0.00813. The minimum atomic E-state index is -0.451. The van der Waals surface area contributed by atoms with Crippen molar-refractivity contribution in [3.8, 4) is 0 Å².